The van der Waals surface area contributed by atoms with E-state index in [1.54, 1.807) is 0 Å². The molecule has 1 rings (SSSR count). The maximum absolute atomic E-state index is 4.57. The first kappa shape index (κ1) is 16.2. The molecule has 19 heavy (non-hydrogen) atoms. The molecular weight excluding hydrogens is 236 g/mol. The Morgan fingerprint density at radius 3 is 2.58 bits per heavy atom. The van der Waals surface area contributed by atoms with Crippen LogP contribution in [-0.2, 0) is 6.54 Å². The van der Waals surface area contributed by atoms with Crippen molar-refractivity contribution >= 4 is 0 Å². The third kappa shape index (κ3) is 4.96. The molecule has 1 aromatic heterocycles. The van der Waals surface area contributed by atoms with Crippen LogP contribution in [-0.4, -0.2) is 40.6 Å². The van der Waals surface area contributed by atoms with Gasteiger partial charge in [-0.2, -0.15) is 0 Å². The van der Waals surface area contributed by atoms with E-state index in [1.807, 2.05) is 6.20 Å². The maximum atomic E-state index is 4.57. The Morgan fingerprint density at radius 1 is 1.26 bits per heavy atom. The number of hydrogen-bond acceptors (Lipinski definition) is 3. The largest absolute Gasteiger partial charge is 0.334 e. The lowest BCUT2D eigenvalue weighted by Crippen LogP contribution is -2.31. The Morgan fingerprint density at radius 2 is 2.00 bits per heavy atom. The summed E-state index contributed by atoms with van der Waals surface area (Å²) in [5.41, 5.74) is 0. The number of nitrogens with zero attached hydrogens (tertiary/aromatic N) is 3. The first-order chi connectivity index (χ1) is 9.26. The highest BCUT2D eigenvalue weighted by atomic mass is 15.1. The van der Waals surface area contributed by atoms with E-state index in [0.29, 0.717) is 6.04 Å². The van der Waals surface area contributed by atoms with Crippen molar-refractivity contribution in [2.24, 2.45) is 0 Å². The van der Waals surface area contributed by atoms with Crippen molar-refractivity contribution in [2.75, 3.05) is 26.2 Å². The summed E-state index contributed by atoms with van der Waals surface area (Å²) in [6, 6.07) is 0.368. The van der Waals surface area contributed by atoms with Gasteiger partial charge in [-0.15, -0.1) is 0 Å². The molecule has 0 spiro atoms. The van der Waals surface area contributed by atoms with Gasteiger partial charge < -0.3 is 14.8 Å². The van der Waals surface area contributed by atoms with Gasteiger partial charge in [-0.1, -0.05) is 27.7 Å². The molecule has 1 atom stereocenters. The molecule has 110 valence electrons. The van der Waals surface area contributed by atoms with Crippen LogP contribution >= 0.6 is 0 Å². The number of rotatable bonds is 10. The molecule has 0 bridgehead atoms. The van der Waals surface area contributed by atoms with Gasteiger partial charge in [0.15, 0.2) is 0 Å². The minimum Gasteiger partial charge on any atom is -0.334 e. The van der Waals surface area contributed by atoms with Crippen LogP contribution in [0.2, 0.25) is 0 Å². The van der Waals surface area contributed by atoms with Gasteiger partial charge in [0, 0.05) is 25.5 Å². The topological polar surface area (TPSA) is 33.1 Å². The van der Waals surface area contributed by atoms with E-state index >= 15 is 0 Å². The fourth-order valence-corrected chi connectivity index (χ4v) is 2.48. The molecule has 0 fully saturated rings. The van der Waals surface area contributed by atoms with Gasteiger partial charge in [0.2, 0.25) is 0 Å². The standard InChI is InChI=1S/C15H30N4/c1-5-11-19-13-10-17-15(19)14(16-6-2)9-12-18(7-3)8-4/h10,13-14,16H,5-9,11-12H2,1-4H3. The SMILES string of the molecule is CCCn1ccnc1C(CCN(CC)CC)NCC. The predicted molar refractivity (Wildman–Crippen MR) is 81.3 cm³/mol. The number of nitrogens with one attached hydrogen (secondary N) is 1. The lowest BCUT2D eigenvalue weighted by atomic mass is 10.1. The van der Waals surface area contributed by atoms with E-state index in [-0.39, 0.29) is 0 Å². The van der Waals surface area contributed by atoms with Crippen molar-refractivity contribution in [1.82, 2.24) is 19.8 Å². The minimum atomic E-state index is 0.368. The van der Waals surface area contributed by atoms with Gasteiger partial charge in [-0.05, 0) is 32.5 Å². The summed E-state index contributed by atoms with van der Waals surface area (Å²) in [7, 11) is 0. The van der Waals surface area contributed by atoms with Crippen LogP contribution in [0.1, 0.15) is 52.4 Å². The molecule has 0 aliphatic rings. The van der Waals surface area contributed by atoms with Crippen LogP contribution in [0.3, 0.4) is 0 Å². The summed E-state index contributed by atoms with van der Waals surface area (Å²) in [4.78, 5) is 7.03. The number of aromatic nitrogens is 2. The van der Waals surface area contributed by atoms with Crippen LogP contribution in [0, 0.1) is 0 Å². The molecule has 1 heterocycles. The van der Waals surface area contributed by atoms with E-state index in [9.17, 15) is 0 Å². The molecule has 1 aromatic rings. The molecule has 0 aliphatic carbocycles. The average Bonchev–Trinajstić information content (AvgIpc) is 2.87. The zero-order valence-electron chi connectivity index (χ0n) is 13.0. The highest BCUT2D eigenvalue weighted by molar-refractivity contribution is 4.99. The lowest BCUT2D eigenvalue weighted by molar-refractivity contribution is 0.278. The number of hydrogen-bond donors (Lipinski definition) is 1. The second kappa shape index (κ2) is 9.10. The van der Waals surface area contributed by atoms with Crippen molar-refractivity contribution in [1.29, 1.82) is 0 Å². The van der Waals surface area contributed by atoms with Crippen LogP contribution in [0.25, 0.3) is 0 Å². The van der Waals surface area contributed by atoms with Gasteiger partial charge in [0.25, 0.3) is 0 Å². The molecule has 4 nitrogen and oxygen atoms in total. The van der Waals surface area contributed by atoms with E-state index in [2.05, 4.69) is 53.7 Å². The van der Waals surface area contributed by atoms with Crippen molar-refractivity contribution in [2.45, 2.75) is 53.1 Å². The van der Waals surface area contributed by atoms with Gasteiger partial charge in [0.1, 0.15) is 5.82 Å². The second-order valence-electron chi connectivity index (χ2n) is 4.90. The monoisotopic (exact) mass is 266 g/mol. The summed E-state index contributed by atoms with van der Waals surface area (Å²) in [6.45, 7) is 14.2. The van der Waals surface area contributed by atoms with Crippen molar-refractivity contribution in [3.8, 4) is 0 Å². The third-order valence-electron chi connectivity index (χ3n) is 3.60. The highest BCUT2D eigenvalue weighted by Gasteiger charge is 2.16. The predicted octanol–water partition coefficient (Wildman–Crippen LogP) is 2.68. The Hall–Kier alpha value is -0.870. The molecule has 0 saturated heterocycles. The Labute approximate surface area is 118 Å². The van der Waals surface area contributed by atoms with Gasteiger partial charge in [0.05, 0.1) is 6.04 Å². The van der Waals surface area contributed by atoms with Gasteiger partial charge in [-0.25, -0.2) is 4.98 Å². The highest BCUT2D eigenvalue weighted by Crippen LogP contribution is 2.16. The smallest absolute Gasteiger partial charge is 0.125 e. The molecule has 0 aliphatic heterocycles. The average molecular weight is 266 g/mol. The van der Waals surface area contributed by atoms with Gasteiger partial charge in [-0.3, -0.25) is 0 Å². The summed E-state index contributed by atoms with van der Waals surface area (Å²) in [6.07, 6.45) is 6.29. The minimum absolute atomic E-state index is 0.368. The summed E-state index contributed by atoms with van der Waals surface area (Å²) in [5.74, 6) is 1.19. The van der Waals surface area contributed by atoms with Gasteiger partial charge >= 0.3 is 0 Å². The Balaban J connectivity index is 2.67. The third-order valence-corrected chi connectivity index (χ3v) is 3.60. The summed E-state index contributed by atoms with van der Waals surface area (Å²) >= 11 is 0. The summed E-state index contributed by atoms with van der Waals surface area (Å²) in [5, 5.41) is 3.58. The quantitative estimate of drug-likeness (QED) is 0.707. The van der Waals surface area contributed by atoms with Crippen LogP contribution in [0.5, 0.6) is 0 Å². The maximum Gasteiger partial charge on any atom is 0.125 e. The van der Waals surface area contributed by atoms with Crippen molar-refractivity contribution < 1.29 is 0 Å². The zero-order valence-corrected chi connectivity index (χ0v) is 13.0. The molecule has 1 unspecified atom stereocenters. The lowest BCUT2D eigenvalue weighted by Gasteiger charge is -2.23. The van der Waals surface area contributed by atoms with Crippen LogP contribution < -0.4 is 5.32 Å². The molecule has 0 saturated carbocycles. The van der Waals surface area contributed by atoms with E-state index < -0.39 is 0 Å². The van der Waals surface area contributed by atoms with Crippen LogP contribution in [0.15, 0.2) is 12.4 Å². The Bertz CT molecular complexity index is 331. The first-order valence-electron chi connectivity index (χ1n) is 7.73. The summed E-state index contributed by atoms with van der Waals surface area (Å²) < 4.78 is 2.29. The van der Waals surface area contributed by atoms with E-state index in [1.165, 1.54) is 5.82 Å². The fourth-order valence-electron chi connectivity index (χ4n) is 2.48. The zero-order chi connectivity index (χ0) is 14.1. The number of aryl methyl sites for hydroxylation is 1. The van der Waals surface area contributed by atoms with Crippen molar-refractivity contribution in [3.05, 3.63) is 18.2 Å². The second-order valence-corrected chi connectivity index (χ2v) is 4.90. The first-order valence-corrected chi connectivity index (χ1v) is 7.73. The molecule has 1 N–H and O–H groups in total. The molecular formula is C15H30N4. The molecule has 0 amide bonds. The van der Waals surface area contributed by atoms with Crippen molar-refractivity contribution in [3.63, 3.8) is 0 Å². The molecule has 0 aromatic carbocycles. The molecule has 4 heteroatoms. The van der Waals surface area contributed by atoms with Crippen LogP contribution in [0.4, 0.5) is 0 Å². The normalized spacial score (nSPS) is 13.1. The van der Waals surface area contributed by atoms with E-state index in [0.717, 1.165) is 45.6 Å². The Kier molecular flexibility index (Phi) is 7.75. The fraction of sp³-hybridized carbons (Fsp3) is 0.800. The van der Waals surface area contributed by atoms with E-state index in [4.69, 9.17) is 0 Å². The molecule has 0 radical (unpaired) electrons. The number of imidazole rings is 1.